The highest BCUT2D eigenvalue weighted by atomic mass is 32.1. The first-order valence-electron chi connectivity index (χ1n) is 11.3. The third-order valence-electron chi connectivity index (χ3n) is 6.24. The number of hydrogen-bond donors (Lipinski definition) is 0. The van der Waals surface area contributed by atoms with Crippen molar-refractivity contribution >= 4 is 27.5 Å². The monoisotopic (exact) mass is 480 g/mol. The van der Waals surface area contributed by atoms with Crippen LogP contribution in [0.5, 0.6) is 0 Å². The lowest BCUT2D eigenvalue weighted by atomic mass is 9.97. The molecule has 0 radical (unpaired) electrons. The van der Waals surface area contributed by atoms with Crippen LogP contribution in [0.25, 0.3) is 32.5 Å². The Labute approximate surface area is 199 Å². The summed E-state index contributed by atoms with van der Waals surface area (Å²) in [4.78, 5) is 19.0. The predicted octanol–water partition coefficient (Wildman–Crippen LogP) is 7.20. The summed E-state index contributed by atoms with van der Waals surface area (Å²) >= 11 is 1.64. The maximum absolute atomic E-state index is 13.5. The minimum atomic E-state index is -2.69. The van der Waals surface area contributed by atoms with E-state index in [1.165, 1.54) is 17.0 Å². The summed E-state index contributed by atoms with van der Waals surface area (Å²) in [7, 11) is 0. The van der Waals surface area contributed by atoms with Crippen molar-refractivity contribution in [1.29, 1.82) is 0 Å². The molecule has 1 saturated heterocycles. The summed E-state index contributed by atoms with van der Waals surface area (Å²) in [5.74, 6) is -3.20. The number of carbonyl (C=O) groups excluding carboxylic acids is 1. The summed E-state index contributed by atoms with van der Waals surface area (Å²) in [6.45, 7) is 2.19. The van der Waals surface area contributed by atoms with Gasteiger partial charge in [0, 0.05) is 37.1 Å². The van der Waals surface area contributed by atoms with Crippen LogP contribution in [0.2, 0.25) is 0 Å². The van der Waals surface area contributed by atoms with E-state index in [0.717, 1.165) is 43.9 Å². The molecule has 0 unspecified atom stereocenters. The minimum Gasteiger partial charge on any atom is -0.338 e. The number of carbonyl (C=O) groups is 1. The number of halogens is 3. The highest BCUT2D eigenvalue weighted by Gasteiger charge is 2.35. The Morgan fingerprint density at radius 3 is 2.26 bits per heavy atom. The molecule has 1 amide bonds. The standard InChI is InChI=1S/C27H23F3N2OS/c1-2-24-31-23-16-20(15-22(25(23)34-24)18-7-9-21(28)10-8-18)17-3-5-19(6-4-17)26(33)32-13-11-27(29,30)12-14-32/h3-10,15-16H,2,11-14H2,1H3. The fourth-order valence-corrected chi connectivity index (χ4v) is 5.29. The molecule has 0 saturated carbocycles. The molecule has 0 N–H and O–H groups in total. The number of thiazole rings is 1. The Balaban J connectivity index is 1.48. The van der Waals surface area contributed by atoms with Gasteiger partial charge in [-0.2, -0.15) is 0 Å². The zero-order chi connectivity index (χ0) is 23.9. The first-order chi connectivity index (χ1) is 16.3. The van der Waals surface area contributed by atoms with Crippen LogP contribution in [0.1, 0.15) is 35.1 Å². The van der Waals surface area contributed by atoms with E-state index in [2.05, 4.69) is 13.0 Å². The van der Waals surface area contributed by atoms with Gasteiger partial charge < -0.3 is 4.90 Å². The van der Waals surface area contributed by atoms with Crippen molar-refractivity contribution in [3.63, 3.8) is 0 Å². The number of aryl methyl sites for hydroxylation is 1. The van der Waals surface area contributed by atoms with Crippen molar-refractivity contribution in [1.82, 2.24) is 9.88 Å². The van der Waals surface area contributed by atoms with E-state index >= 15 is 0 Å². The molecule has 3 aromatic carbocycles. The number of piperidine rings is 1. The van der Waals surface area contributed by atoms with Crippen molar-refractivity contribution in [2.75, 3.05) is 13.1 Å². The van der Waals surface area contributed by atoms with Crippen molar-refractivity contribution in [3.8, 4) is 22.3 Å². The molecule has 1 aliphatic rings. The number of nitrogens with zero attached hydrogens (tertiary/aromatic N) is 2. The normalized spacial score (nSPS) is 15.6. The fraction of sp³-hybridized carbons (Fsp3) is 0.259. The molecule has 174 valence electrons. The van der Waals surface area contributed by atoms with Crippen LogP contribution < -0.4 is 0 Å². The first-order valence-corrected chi connectivity index (χ1v) is 12.1. The second-order valence-electron chi connectivity index (χ2n) is 8.57. The largest absolute Gasteiger partial charge is 0.338 e. The van der Waals surface area contributed by atoms with E-state index in [1.54, 1.807) is 35.6 Å². The van der Waals surface area contributed by atoms with Crippen molar-refractivity contribution in [2.45, 2.75) is 32.1 Å². The number of likely N-dealkylation sites (tertiary alicyclic amines) is 1. The smallest absolute Gasteiger partial charge is 0.253 e. The molecule has 4 aromatic rings. The van der Waals surface area contributed by atoms with Crippen LogP contribution >= 0.6 is 11.3 Å². The van der Waals surface area contributed by atoms with Crippen LogP contribution in [-0.4, -0.2) is 34.8 Å². The highest BCUT2D eigenvalue weighted by Crippen LogP contribution is 2.37. The van der Waals surface area contributed by atoms with Crippen molar-refractivity contribution in [3.05, 3.63) is 77.1 Å². The Bertz CT molecular complexity index is 1340. The fourth-order valence-electron chi connectivity index (χ4n) is 4.27. The zero-order valence-corrected chi connectivity index (χ0v) is 19.5. The summed E-state index contributed by atoms with van der Waals surface area (Å²) in [6, 6.07) is 17.8. The van der Waals surface area contributed by atoms with Crippen molar-refractivity contribution in [2.24, 2.45) is 0 Å². The topological polar surface area (TPSA) is 33.2 Å². The number of alkyl halides is 2. The number of fused-ring (bicyclic) bond motifs is 1. The number of aromatic nitrogens is 1. The molecule has 1 aromatic heterocycles. The summed E-state index contributed by atoms with van der Waals surface area (Å²) < 4.78 is 41.4. The number of amides is 1. The molecule has 2 heterocycles. The van der Waals surface area contributed by atoms with Crippen LogP contribution in [0.4, 0.5) is 13.2 Å². The average Bonchev–Trinajstić information content (AvgIpc) is 3.27. The second kappa shape index (κ2) is 8.87. The summed E-state index contributed by atoms with van der Waals surface area (Å²) in [6.07, 6.45) is 0.240. The average molecular weight is 481 g/mol. The van der Waals surface area contributed by atoms with E-state index in [9.17, 15) is 18.0 Å². The van der Waals surface area contributed by atoms with Crippen LogP contribution in [0.3, 0.4) is 0 Å². The molecular formula is C27H23F3N2OS. The Hall–Kier alpha value is -3.19. The van der Waals surface area contributed by atoms with Gasteiger partial charge in [0.05, 0.1) is 15.2 Å². The van der Waals surface area contributed by atoms with Gasteiger partial charge in [-0.15, -0.1) is 11.3 Å². The number of hydrogen-bond acceptors (Lipinski definition) is 3. The molecule has 1 fully saturated rings. The maximum atomic E-state index is 13.5. The molecule has 7 heteroatoms. The number of benzene rings is 3. The number of rotatable bonds is 4. The molecule has 1 aliphatic heterocycles. The molecular weight excluding hydrogens is 457 g/mol. The molecule has 34 heavy (non-hydrogen) atoms. The van der Waals surface area contributed by atoms with Gasteiger partial charge >= 0.3 is 0 Å². The predicted molar refractivity (Wildman–Crippen MR) is 130 cm³/mol. The van der Waals surface area contributed by atoms with Gasteiger partial charge in [0.1, 0.15) is 5.82 Å². The van der Waals surface area contributed by atoms with Gasteiger partial charge in [-0.1, -0.05) is 31.2 Å². The molecule has 0 aliphatic carbocycles. The van der Waals surface area contributed by atoms with Gasteiger partial charge in [-0.05, 0) is 59.5 Å². The van der Waals surface area contributed by atoms with Gasteiger partial charge in [0.15, 0.2) is 0 Å². The van der Waals surface area contributed by atoms with E-state index < -0.39 is 5.92 Å². The third kappa shape index (κ3) is 4.44. The van der Waals surface area contributed by atoms with Gasteiger partial charge in [0.2, 0.25) is 0 Å². The SMILES string of the molecule is CCc1nc2cc(-c3ccc(C(=O)N4CCC(F)(F)CC4)cc3)cc(-c3ccc(F)cc3)c2s1. The third-order valence-corrected chi connectivity index (χ3v) is 7.49. The van der Waals surface area contributed by atoms with Crippen LogP contribution in [-0.2, 0) is 6.42 Å². The van der Waals surface area contributed by atoms with Gasteiger partial charge in [-0.25, -0.2) is 18.2 Å². The second-order valence-corrected chi connectivity index (χ2v) is 9.65. The van der Waals surface area contributed by atoms with Crippen LogP contribution in [0.15, 0.2) is 60.7 Å². The van der Waals surface area contributed by atoms with E-state index in [4.69, 9.17) is 4.98 Å². The molecule has 3 nitrogen and oxygen atoms in total. The Morgan fingerprint density at radius 1 is 0.971 bits per heavy atom. The van der Waals surface area contributed by atoms with Crippen LogP contribution in [0, 0.1) is 5.82 Å². The lowest BCUT2D eigenvalue weighted by molar-refractivity contribution is -0.0494. The van der Waals surface area contributed by atoms with E-state index in [0.29, 0.717) is 5.56 Å². The lowest BCUT2D eigenvalue weighted by Crippen LogP contribution is -2.42. The van der Waals surface area contributed by atoms with Gasteiger partial charge in [-0.3, -0.25) is 4.79 Å². The lowest BCUT2D eigenvalue weighted by Gasteiger charge is -2.31. The first kappa shape index (κ1) is 22.6. The highest BCUT2D eigenvalue weighted by molar-refractivity contribution is 7.19. The quantitative estimate of drug-likeness (QED) is 0.309. The Kier molecular flexibility index (Phi) is 5.90. The minimum absolute atomic E-state index is 0.0644. The van der Waals surface area contributed by atoms with E-state index in [1.807, 2.05) is 18.2 Å². The molecule has 0 spiro atoms. The molecule has 0 bridgehead atoms. The molecule has 0 atom stereocenters. The maximum Gasteiger partial charge on any atom is 0.253 e. The summed E-state index contributed by atoms with van der Waals surface area (Å²) in [5, 5.41) is 1.03. The summed E-state index contributed by atoms with van der Waals surface area (Å²) in [5.41, 5.74) is 5.12. The van der Waals surface area contributed by atoms with Crippen molar-refractivity contribution < 1.29 is 18.0 Å². The molecule has 5 rings (SSSR count). The van der Waals surface area contributed by atoms with Gasteiger partial charge in [0.25, 0.3) is 11.8 Å². The van der Waals surface area contributed by atoms with E-state index in [-0.39, 0.29) is 37.7 Å². The zero-order valence-electron chi connectivity index (χ0n) is 18.7. The Morgan fingerprint density at radius 2 is 1.62 bits per heavy atom.